The summed E-state index contributed by atoms with van der Waals surface area (Å²) in [6, 6.07) is 3.85. The Morgan fingerprint density at radius 2 is 2.38 bits per heavy atom. The minimum absolute atomic E-state index is 0.0212. The van der Waals surface area contributed by atoms with Gasteiger partial charge in [0.2, 0.25) is 0 Å². The summed E-state index contributed by atoms with van der Waals surface area (Å²) >= 11 is 0. The summed E-state index contributed by atoms with van der Waals surface area (Å²) in [6.07, 6.45) is 4.23. The minimum Gasteiger partial charge on any atom is -0.469 e. The van der Waals surface area contributed by atoms with Crippen LogP contribution < -0.4 is 10.6 Å². The van der Waals surface area contributed by atoms with Crippen molar-refractivity contribution in [1.29, 1.82) is 0 Å². The molecule has 0 spiro atoms. The fourth-order valence-electron chi connectivity index (χ4n) is 2.56. The van der Waals surface area contributed by atoms with Crippen LogP contribution in [-0.4, -0.2) is 51.0 Å². The Balaban J connectivity index is 1.74. The molecule has 21 heavy (non-hydrogen) atoms. The number of nitrogens with zero attached hydrogens (tertiary/aromatic N) is 1. The predicted octanol–water partition coefficient (Wildman–Crippen LogP) is 0.776. The van der Waals surface area contributed by atoms with Gasteiger partial charge in [0, 0.05) is 45.2 Å². The molecule has 1 aromatic heterocycles. The van der Waals surface area contributed by atoms with Gasteiger partial charge in [0.25, 0.3) is 0 Å². The van der Waals surface area contributed by atoms with Crippen LogP contribution in [0.2, 0.25) is 0 Å². The zero-order valence-electron chi connectivity index (χ0n) is 12.6. The molecule has 0 saturated carbocycles. The normalized spacial score (nSPS) is 22.5. The fourth-order valence-corrected chi connectivity index (χ4v) is 2.56. The lowest BCUT2D eigenvalue weighted by atomic mass is 9.84. The molecule has 6 heteroatoms. The van der Waals surface area contributed by atoms with Crippen LogP contribution in [0.15, 0.2) is 27.8 Å². The molecule has 1 unspecified atom stereocenters. The minimum atomic E-state index is 0.0212. The first-order chi connectivity index (χ1) is 10.3. The number of hydrogen-bond acceptors (Lipinski definition) is 4. The quantitative estimate of drug-likeness (QED) is 0.512. The number of guanidine groups is 1. The molecule has 1 aliphatic rings. The third-order valence-corrected chi connectivity index (χ3v) is 3.93. The number of aliphatic hydroxyl groups excluding tert-OH is 1. The van der Waals surface area contributed by atoms with Crippen LogP contribution in [0.25, 0.3) is 0 Å². The highest BCUT2D eigenvalue weighted by atomic mass is 16.5. The number of aliphatic hydroxyl groups is 1. The van der Waals surface area contributed by atoms with Crippen molar-refractivity contribution in [2.45, 2.75) is 19.3 Å². The van der Waals surface area contributed by atoms with Crippen molar-refractivity contribution < 1.29 is 14.3 Å². The fraction of sp³-hybridized carbons (Fsp3) is 0.667. The van der Waals surface area contributed by atoms with Crippen molar-refractivity contribution in [2.75, 3.05) is 40.0 Å². The van der Waals surface area contributed by atoms with Gasteiger partial charge < -0.3 is 24.9 Å². The number of ether oxygens (including phenoxy) is 1. The third-order valence-electron chi connectivity index (χ3n) is 3.93. The largest absolute Gasteiger partial charge is 0.469 e. The molecule has 0 bridgehead atoms. The smallest absolute Gasteiger partial charge is 0.191 e. The van der Waals surface area contributed by atoms with Gasteiger partial charge in [-0.25, -0.2) is 0 Å². The molecular formula is C15H25N3O3. The van der Waals surface area contributed by atoms with E-state index in [2.05, 4.69) is 15.6 Å². The molecule has 0 aromatic carbocycles. The predicted molar refractivity (Wildman–Crippen MR) is 81.3 cm³/mol. The first-order valence-corrected chi connectivity index (χ1v) is 7.43. The highest BCUT2D eigenvalue weighted by Gasteiger charge is 2.34. The zero-order valence-corrected chi connectivity index (χ0v) is 12.6. The van der Waals surface area contributed by atoms with E-state index in [1.807, 2.05) is 12.1 Å². The molecule has 0 amide bonds. The van der Waals surface area contributed by atoms with Crippen LogP contribution in [-0.2, 0) is 11.2 Å². The molecule has 0 aliphatic carbocycles. The first kappa shape index (κ1) is 15.9. The summed E-state index contributed by atoms with van der Waals surface area (Å²) in [5.74, 6) is 1.73. The molecule has 1 aliphatic heterocycles. The van der Waals surface area contributed by atoms with Crippen LogP contribution in [0, 0.1) is 5.41 Å². The van der Waals surface area contributed by atoms with Gasteiger partial charge >= 0.3 is 0 Å². The van der Waals surface area contributed by atoms with E-state index in [9.17, 15) is 5.11 Å². The Morgan fingerprint density at radius 3 is 3.00 bits per heavy atom. The topological polar surface area (TPSA) is 79.0 Å². The van der Waals surface area contributed by atoms with Gasteiger partial charge in [-0.15, -0.1) is 0 Å². The Labute approximate surface area is 125 Å². The Kier molecular flexibility index (Phi) is 6.07. The number of hydrogen-bond donors (Lipinski definition) is 3. The van der Waals surface area contributed by atoms with Crippen LogP contribution >= 0.6 is 0 Å². The van der Waals surface area contributed by atoms with Crippen molar-refractivity contribution in [3.8, 4) is 0 Å². The molecule has 2 rings (SSSR count). The Morgan fingerprint density at radius 1 is 1.48 bits per heavy atom. The lowest BCUT2D eigenvalue weighted by Crippen LogP contribution is -2.45. The maximum atomic E-state index is 9.22. The highest BCUT2D eigenvalue weighted by Crippen LogP contribution is 2.31. The molecular weight excluding hydrogens is 270 g/mol. The van der Waals surface area contributed by atoms with Crippen molar-refractivity contribution in [2.24, 2.45) is 10.4 Å². The average molecular weight is 295 g/mol. The van der Waals surface area contributed by atoms with Crippen LogP contribution in [0.5, 0.6) is 0 Å². The van der Waals surface area contributed by atoms with Gasteiger partial charge in [0.05, 0.1) is 12.9 Å². The molecule has 2 heterocycles. The molecule has 6 nitrogen and oxygen atoms in total. The Hall–Kier alpha value is -1.53. The molecule has 3 N–H and O–H groups in total. The third kappa shape index (κ3) is 4.75. The summed E-state index contributed by atoms with van der Waals surface area (Å²) in [4.78, 5) is 4.22. The Bertz CT molecular complexity index is 425. The van der Waals surface area contributed by atoms with E-state index in [0.717, 1.165) is 50.7 Å². The number of furan rings is 1. The SMILES string of the molecule is CN=C(NCCc1ccco1)NCC1(CCO)CCOC1. The molecule has 1 fully saturated rings. The summed E-state index contributed by atoms with van der Waals surface area (Å²) < 4.78 is 10.8. The second kappa shape index (κ2) is 8.05. The maximum absolute atomic E-state index is 9.22. The van der Waals surface area contributed by atoms with Gasteiger partial charge in [0.1, 0.15) is 5.76 Å². The summed E-state index contributed by atoms with van der Waals surface area (Å²) in [7, 11) is 1.76. The summed E-state index contributed by atoms with van der Waals surface area (Å²) in [5, 5.41) is 15.8. The lowest BCUT2D eigenvalue weighted by Gasteiger charge is -2.27. The van der Waals surface area contributed by atoms with E-state index in [1.54, 1.807) is 13.3 Å². The molecule has 0 radical (unpaired) electrons. The van der Waals surface area contributed by atoms with Crippen LogP contribution in [0.1, 0.15) is 18.6 Å². The van der Waals surface area contributed by atoms with Gasteiger partial charge in [0.15, 0.2) is 5.96 Å². The molecule has 118 valence electrons. The lowest BCUT2D eigenvalue weighted by molar-refractivity contribution is 0.127. The van der Waals surface area contributed by atoms with Crippen molar-refractivity contribution in [1.82, 2.24) is 10.6 Å². The number of nitrogens with one attached hydrogen (secondary N) is 2. The molecule has 1 saturated heterocycles. The molecule has 1 atom stereocenters. The summed E-state index contributed by atoms with van der Waals surface area (Å²) in [5.41, 5.74) is 0.0212. The monoisotopic (exact) mass is 295 g/mol. The highest BCUT2D eigenvalue weighted by molar-refractivity contribution is 5.79. The van der Waals surface area contributed by atoms with Crippen molar-refractivity contribution >= 4 is 5.96 Å². The van der Waals surface area contributed by atoms with E-state index in [1.165, 1.54) is 0 Å². The maximum Gasteiger partial charge on any atom is 0.191 e. The van der Waals surface area contributed by atoms with E-state index in [0.29, 0.717) is 6.61 Å². The van der Waals surface area contributed by atoms with Crippen molar-refractivity contribution in [3.05, 3.63) is 24.2 Å². The van der Waals surface area contributed by atoms with E-state index in [-0.39, 0.29) is 12.0 Å². The number of rotatable bonds is 7. The number of aliphatic imine (C=N–C) groups is 1. The zero-order chi connectivity index (χ0) is 15.0. The second-order valence-electron chi connectivity index (χ2n) is 5.46. The van der Waals surface area contributed by atoms with Crippen LogP contribution in [0.3, 0.4) is 0 Å². The molecule has 1 aromatic rings. The van der Waals surface area contributed by atoms with Gasteiger partial charge in [-0.05, 0) is 25.0 Å². The van der Waals surface area contributed by atoms with E-state index in [4.69, 9.17) is 9.15 Å². The first-order valence-electron chi connectivity index (χ1n) is 7.43. The standard InChI is InChI=1S/C15H25N3O3/c1-16-14(17-7-4-13-3-2-9-21-13)18-11-15(5-8-19)6-10-20-12-15/h2-3,9,19H,4-8,10-12H2,1H3,(H2,16,17,18). The van der Waals surface area contributed by atoms with Crippen molar-refractivity contribution in [3.63, 3.8) is 0 Å². The van der Waals surface area contributed by atoms with E-state index < -0.39 is 0 Å². The van der Waals surface area contributed by atoms with Gasteiger partial charge in [-0.3, -0.25) is 4.99 Å². The summed E-state index contributed by atoms with van der Waals surface area (Å²) in [6.45, 7) is 3.18. The average Bonchev–Trinajstić information content (AvgIpc) is 3.15. The van der Waals surface area contributed by atoms with E-state index >= 15 is 0 Å². The second-order valence-corrected chi connectivity index (χ2v) is 5.46. The van der Waals surface area contributed by atoms with Crippen LogP contribution in [0.4, 0.5) is 0 Å². The van der Waals surface area contributed by atoms with Gasteiger partial charge in [-0.1, -0.05) is 0 Å². The van der Waals surface area contributed by atoms with Gasteiger partial charge in [-0.2, -0.15) is 0 Å².